The van der Waals surface area contributed by atoms with Crippen LogP contribution < -0.4 is 5.32 Å². The maximum absolute atomic E-state index is 6.03. The zero-order chi connectivity index (χ0) is 13.0. The zero-order valence-electron chi connectivity index (χ0n) is 11.2. The lowest BCUT2D eigenvalue weighted by atomic mass is 9.85. The highest BCUT2D eigenvalue weighted by Gasteiger charge is 2.35. The minimum absolute atomic E-state index is 0.0490. The van der Waals surface area contributed by atoms with Crippen molar-refractivity contribution in [2.45, 2.75) is 44.2 Å². The van der Waals surface area contributed by atoms with Crippen LogP contribution >= 0.6 is 11.6 Å². The van der Waals surface area contributed by atoms with Crippen LogP contribution in [-0.4, -0.2) is 25.3 Å². The molecule has 1 fully saturated rings. The Balaban J connectivity index is 2.06. The molecule has 18 heavy (non-hydrogen) atoms. The number of hydrogen-bond acceptors (Lipinski definition) is 2. The topological polar surface area (TPSA) is 21.3 Å². The predicted molar refractivity (Wildman–Crippen MR) is 76.2 cm³/mol. The van der Waals surface area contributed by atoms with Crippen molar-refractivity contribution in [2.75, 3.05) is 13.7 Å². The molecule has 0 saturated carbocycles. The molecule has 0 radical (unpaired) electrons. The average Bonchev–Trinajstić information content (AvgIpc) is 2.38. The fourth-order valence-corrected chi connectivity index (χ4v) is 2.84. The summed E-state index contributed by atoms with van der Waals surface area (Å²) in [5.74, 6) is 0. The number of rotatable bonds is 4. The van der Waals surface area contributed by atoms with Gasteiger partial charge < -0.3 is 10.1 Å². The molecular formula is C15H22ClNO. The van der Waals surface area contributed by atoms with Crippen molar-refractivity contribution in [3.63, 3.8) is 0 Å². The summed E-state index contributed by atoms with van der Waals surface area (Å²) < 4.78 is 6.03. The summed E-state index contributed by atoms with van der Waals surface area (Å²) in [7, 11) is 2.02. The van der Waals surface area contributed by atoms with Crippen LogP contribution in [0.4, 0.5) is 0 Å². The van der Waals surface area contributed by atoms with Crippen molar-refractivity contribution in [3.8, 4) is 0 Å². The normalized spacial score (nSPS) is 25.9. The van der Waals surface area contributed by atoms with Gasteiger partial charge in [0.15, 0.2) is 0 Å². The molecule has 1 N–H and O–H groups in total. The fourth-order valence-electron chi connectivity index (χ4n) is 2.71. The van der Waals surface area contributed by atoms with Gasteiger partial charge in [0, 0.05) is 17.7 Å². The Morgan fingerprint density at radius 1 is 1.33 bits per heavy atom. The van der Waals surface area contributed by atoms with Crippen molar-refractivity contribution >= 4 is 11.6 Å². The summed E-state index contributed by atoms with van der Waals surface area (Å²) in [6.45, 7) is 3.11. The molecule has 3 heteroatoms. The number of ether oxygens (including phenoxy) is 1. The second-order valence-electron chi connectivity index (χ2n) is 5.29. The molecule has 1 aromatic rings. The van der Waals surface area contributed by atoms with E-state index < -0.39 is 0 Å². The molecule has 0 amide bonds. The van der Waals surface area contributed by atoms with Gasteiger partial charge >= 0.3 is 0 Å². The molecule has 1 aliphatic heterocycles. The van der Waals surface area contributed by atoms with Gasteiger partial charge in [-0.05, 0) is 57.4 Å². The molecule has 0 bridgehead atoms. The largest absolute Gasteiger partial charge is 0.374 e. The Hall–Kier alpha value is -0.570. The SMILES string of the molecule is CNC(Cc1ccc(Cl)cc1)C1(C)CCCCO1. The van der Waals surface area contributed by atoms with Crippen LogP contribution in [0.25, 0.3) is 0 Å². The van der Waals surface area contributed by atoms with Gasteiger partial charge in [-0.2, -0.15) is 0 Å². The van der Waals surface area contributed by atoms with Gasteiger partial charge in [-0.1, -0.05) is 23.7 Å². The first kappa shape index (κ1) is 13.9. The molecule has 2 atom stereocenters. The highest BCUT2D eigenvalue weighted by atomic mass is 35.5. The Kier molecular flexibility index (Phi) is 4.66. The third kappa shape index (κ3) is 3.25. The van der Waals surface area contributed by atoms with E-state index in [1.165, 1.54) is 18.4 Å². The minimum Gasteiger partial charge on any atom is -0.374 e. The summed E-state index contributed by atoms with van der Waals surface area (Å²) in [4.78, 5) is 0. The van der Waals surface area contributed by atoms with Gasteiger partial charge in [0.05, 0.1) is 5.60 Å². The number of likely N-dealkylation sites (N-methyl/N-ethyl adjacent to an activating group) is 1. The van der Waals surface area contributed by atoms with E-state index in [9.17, 15) is 0 Å². The summed E-state index contributed by atoms with van der Waals surface area (Å²) >= 11 is 5.92. The number of nitrogens with one attached hydrogen (secondary N) is 1. The quantitative estimate of drug-likeness (QED) is 0.903. The zero-order valence-corrected chi connectivity index (χ0v) is 12.0. The van der Waals surface area contributed by atoms with Crippen molar-refractivity contribution in [1.29, 1.82) is 0 Å². The summed E-state index contributed by atoms with van der Waals surface area (Å²) in [5.41, 5.74) is 1.25. The molecule has 2 rings (SSSR count). The maximum atomic E-state index is 6.03. The fraction of sp³-hybridized carbons (Fsp3) is 0.600. The minimum atomic E-state index is -0.0490. The second kappa shape index (κ2) is 6.05. The van der Waals surface area contributed by atoms with Crippen LogP contribution in [0.2, 0.25) is 5.02 Å². The lowest BCUT2D eigenvalue weighted by molar-refractivity contribution is -0.0870. The van der Waals surface area contributed by atoms with Crippen molar-refractivity contribution in [3.05, 3.63) is 34.9 Å². The Labute approximate surface area is 115 Å². The number of benzene rings is 1. The van der Waals surface area contributed by atoms with E-state index in [4.69, 9.17) is 16.3 Å². The van der Waals surface area contributed by atoms with E-state index in [0.717, 1.165) is 24.5 Å². The molecule has 1 aromatic carbocycles. The standard InChI is InChI=1S/C15H22ClNO/c1-15(9-3-4-10-18-15)14(17-2)11-12-5-7-13(16)8-6-12/h5-8,14,17H,3-4,9-11H2,1-2H3. The first-order valence-electron chi connectivity index (χ1n) is 6.70. The number of hydrogen-bond donors (Lipinski definition) is 1. The molecule has 2 nitrogen and oxygen atoms in total. The lowest BCUT2D eigenvalue weighted by Crippen LogP contribution is -2.52. The van der Waals surface area contributed by atoms with Crippen LogP contribution in [0.15, 0.2) is 24.3 Å². The first-order valence-corrected chi connectivity index (χ1v) is 7.07. The number of halogens is 1. The van der Waals surface area contributed by atoms with Gasteiger partial charge in [0.1, 0.15) is 0 Å². The van der Waals surface area contributed by atoms with Crippen molar-refractivity contribution in [2.24, 2.45) is 0 Å². The monoisotopic (exact) mass is 267 g/mol. The second-order valence-corrected chi connectivity index (χ2v) is 5.73. The van der Waals surface area contributed by atoms with Crippen LogP contribution in [0.3, 0.4) is 0 Å². The van der Waals surface area contributed by atoms with Gasteiger partial charge in [-0.3, -0.25) is 0 Å². The van der Waals surface area contributed by atoms with E-state index in [1.807, 2.05) is 19.2 Å². The third-order valence-corrected chi connectivity index (χ3v) is 4.19. The van der Waals surface area contributed by atoms with Crippen LogP contribution in [0.1, 0.15) is 31.7 Å². The van der Waals surface area contributed by atoms with Gasteiger partial charge in [-0.25, -0.2) is 0 Å². The van der Waals surface area contributed by atoms with Crippen LogP contribution in [0, 0.1) is 0 Å². The van der Waals surface area contributed by atoms with Crippen LogP contribution in [-0.2, 0) is 11.2 Å². The highest BCUT2D eigenvalue weighted by Crippen LogP contribution is 2.29. The Bertz CT molecular complexity index is 371. The molecule has 1 saturated heterocycles. The van der Waals surface area contributed by atoms with Gasteiger partial charge in [0.25, 0.3) is 0 Å². The molecule has 1 heterocycles. The summed E-state index contributed by atoms with van der Waals surface area (Å²) in [6, 6.07) is 8.44. The average molecular weight is 268 g/mol. The smallest absolute Gasteiger partial charge is 0.0809 e. The summed E-state index contributed by atoms with van der Waals surface area (Å²) in [5, 5.41) is 4.21. The van der Waals surface area contributed by atoms with E-state index in [-0.39, 0.29) is 5.60 Å². The molecule has 0 aromatic heterocycles. The highest BCUT2D eigenvalue weighted by molar-refractivity contribution is 6.30. The molecule has 1 aliphatic rings. The molecule has 2 unspecified atom stereocenters. The van der Waals surface area contributed by atoms with E-state index in [2.05, 4.69) is 24.4 Å². The van der Waals surface area contributed by atoms with Gasteiger partial charge in [-0.15, -0.1) is 0 Å². The molecule has 100 valence electrons. The predicted octanol–water partition coefficient (Wildman–Crippen LogP) is 3.43. The van der Waals surface area contributed by atoms with E-state index in [1.54, 1.807) is 0 Å². The molecule has 0 aliphatic carbocycles. The third-order valence-electron chi connectivity index (χ3n) is 3.94. The Morgan fingerprint density at radius 3 is 2.61 bits per heavy atom. The maximum Gasteiger partial charge on any atom is 0.0809 e. The Morgan fingerprint density at radius 2 is 2.06 bits per heavy atom. The van der Waals surface area contributed by atoms with Crippen LogP contribution in [0.5, 0.6) is 0 Å². The van der Waals surface area contributed by atoms with Crippen molar-refractivity contribution in [1.82, 2.24) is 5.32 Å². The molecule has 0 spiro atoms. The van der Waals surface area contributed by atoms with Crippen molar-refractivity contribution < 1.29 is 4.74 Å². The van der Waals surface area contributed by atoms with Gasteiger partial charge in [0.2, 0.25) is 0 Å². The van der Waals surface area contributed by atoms with E-state index in [0.29, 0.717) is 6.04 Å². The van der Waals surface area contributed by atoms with E-state index >= 15 is 0 Å². The first-order chi connectivity index (χ1) is 8.64. The molecular weight excluding hydrogens is 246 g/mol. The lowest BCUT2D eigenvalue weighted by Gasteiger charge is -2.40. The summed E-state index contributed by atoms with van der Waals surface area (Å²) in [6.07, 6.45) is 4.55.